The quantitative estimate of drug-likeness (QED) is 0.866. The Morgan fingerprint density at radius 2 is 2.15 bits per heavy atom. The summed E-state index contributed by atoms with van der Waals surface area (Å²) in [5.41, 5.74) is 9.55. The van der Waals surface area contributed by atoms with Crippen LogP contribution in [0.4, 0.5) is 5.69 Å². The van der Waals surface area contributed by atoms with Crippen LogP contribution >= 0.6 is 0 Å². The molecule has 2 unspecified atom stereocenters. The van der Waals surface area contributed by atoms with E-state index in [0.717, 1.165) is 31.8 Å². The number of nitrogens with zero attached hydrogens (tertiary/aromatic N) is 1. The second-order valence-electron chi connectivity index (χ2n) is 5.63. The van der Waals surface area contributed by atoms with Crippen LogP contribution in [0, 0.1) is 0 Å². The summed E-state index contributed by atoms with van der Waals surface area (Å²) in [5.74, 6) is 0. The van der Waals surface area contributed by atoms with Crippen LogP contribution in [0.2, 0.25) is 0 Å². The number of nitrogens with two attached hydrogens (primary N) is 1. The van der Waals surface area contributed by atoms with E-state index in [4.69, 9.17) is 10.5 Å². The SMILES string of the molecule is CS(=O)Nc1ccc2c(c1)CN([C@H]1COCC(N)C1)C2. The molecule has 3 N–H and O–H groups in total. The Balaban J connectivity index is 1.70. The second kappa shape index (κ2) is 5.81. The molecule has 1 aromatic carbocycles. The molecule has 0 amide bonds. The van der Waals surface area contributed by atoms with Crippen LogP contribution in [0.25, 0.3) is 0 Å². The Bertz CT molecular complexity index is 523. The fourth-order valence-electron chi connectivity index (χ4n) is 3.00. The lowest BCUT2D eigenvalue weighted by Gasteiger charge is -2.33. The largest absolute Gasteiger partial charge is 0.378 e. The van der Waals surface area contributed by atoms with E-state index in [1.807, 2.05) is 6.07 Å². The fourth-order valence-corrected chi connectivity index (χ4v) is 3.46. The summed E-state index contributed by atoms with van der Waals surface area (Å²) in [4.78, 5) is 2.43. The first-order valence-electron chi connectivity index (χ1n) is 6.91. The number of hydrogen-bond acceptors (Lipinski definition) is 4. The van der Waals surface area contributed by atoms with E-state index in [0.29, 0.717) is 12.6 Å². The Morgan fingerprint density at radius 1 is 1.35 bits per heavy atom. The maximum Gasteiger partial charge on any atom is 0.113 e. The topological polar surface area (TPSA) is 67.6 Å². The lowest BCUT2D eigenvalue weighted by Crippen LogP contribution is -2.46. The van der Waals surface area contributed by atoms with Crippen molar-refractivity contribution in [3.8, 4) is 0 Å². The predicted molar refractivity (Wildman–Crippen MR) is 80.6 cm³/mol. The molecule has 0 aromatic heterocycles. The third kappa shape index (κ3) is 3.03. The van der Waals surface area contributed by atoms with Crippen LogP contribution in [-0.4, -0.2) is 40.7 Å². The van der Waals surface area contributed by atoms with Gasteiger partial charge in [-0.3, -0.25) is 4.90 Å². The van der Waals surface area contributed by atoms with Gasteiger partial charge in [0.2, 0.25) is 0 Å². The molecule has 2 heterocycles. The van der Waals surface area contributed by atoms with Gasteiger partial charge in [-0.15, -0.1) is 0 Å². The molecular weight excluding hydrogens is 274 g/mol. The molecule has 0 saturated carbocycles. The average Bonchev–Trinajstić information content (AvgIpc) is 2.81. The summed E-state index contributed by atoms with van der Waals surface area (Å²) in [6.45, 7) is 3.31. The molecule has 1 fully saturated rings. The van der Waals surface area contributed by atoms with Crippen molar-refractivity contribution in [3.05, 3.63) is 29.3 Å². The zero-order valence-electron chi connectivity index (χ0n) is 11.7. The minimum absolute atomic E-state index is 0.150. The molecule has 3 rings (SSSR count). The second-order valence-corrected chi connectivity index (χ2v) is 6.74. The molecule has 1 saturated heterocycles. The summed E-state index contributed by atoms with van der Waals surface area (Å²) < 4.78 is 19.7. The number of rotatable bonds is 3. The molecule has 5 nitrogen and oxygen atoms in total. The standard InChI is InChI=1S/C14H21N3O2S/c1-20(18)16-13-3-2-10-6-17(7-11(10)4-13)14-5-12(15)8-19-9-14/h2-4,12,14,16H,5-9,15H2,1H3/t12?,14-,20?/m1/s1. The number of fused-ring (bicyclic) bond motifs is 1. The van der Waals surface area contributed by atoms with E-state index < -0.39 is 11.0 Å². The number of nitrogens with one attached hydrogen (secondary N) is 1. The van der Waals surface area contributed by atoms with E-state index in [1.165, 1.54) is 11.1 Å². The van der Waals surface area contributed by atoms with Crippen molar-refractivity contribution < 1.29 is 8.95 Å². The average molecular weight is 295 g/mol. The van der Waals surface area contributed by atoms with Crippen molar-refractivity contribution in [3.63, 3.8) is 0 Å². The van der Waals surface area contributed by atoms with Crippen LogP contribution in [0.3, 0.4) is 0 Å². The monoisotopic (exact) mass is 295 g/mol. The van der Waals surface area contributed by atoms with Gasteiger partial charge in [-0.05, 0) is 29.7 Å². The van der Waals surface area contributed by atoms with Crippen molar-refractivity contribution >= 4 is 16.7 Å². The molecule has 0 bridgehead atoms. The molecule has 0 spiro atoms. The highest BCUT2D eigenvalue weighted by Crippen LogP contribution is 2.29. The molecule has 2 aliphatic heterocycles. The van der Waals surface area contributed by atoms with Gasteiger partial charge in [0, 0.05) is 37.1 Å². The van der Waals surface area contributed by atoms with Crippen molar-refractivity contribution in [2.24, 2.45) is 5.73 Å². The smallest absolute Gasteiger partial charge is 0.113 e. The van der Waals surface area contributed by atoms with Crippen molar-refractivity contribution in [1.29, 1.82) is 0 Å². The van der Waals surface area contributed by atoms with Crippen LogP contribution < -0.4 is 10.5 Å². The summed E-state index contributed by atoms with van der Waals surface area (Å²) in [6.07, 6.45) is 2.64. The third-order valence-corrected chi connectivity index (χ3v) is 4.47. The molecule has 1 aromatic rings. The molecule has 110 valence electrons. The van der Waals surface area contributed by atoms with Gasteiger partial charge in [-0.1, -0.05) is 6.07 Å². The lowest BCUT2D eigenvalue weighted by atomic mass is 10.1. The molecule has 3 atom stereocenters. The number of benzene rings is 1. The maximum atomic E-state index is 11.2. The minimum Gasteiger partial charge on any atom is -0.378 e. The number of hydrogen-bond donors (Lipinski definition) is 2. The van der Waals surface area contributed by atoms with Gasteiger partial charge >= 0.3 is 0 Å². The summed E-state index contributed by atoms with van der Waals surface area (Å²) in [6, 6.07) is 6.77. The van der Waals surface area contributed by atoms with Crippen molar-refractivity contribution in [2.75, 3.05) is 24.2 Å². The van der Waals surface area contributed by atoms with E-state index >= 15 is 0 Å². The van der Waals surface area contributed by atoms with Crippen LogP contribution in [0.15, 0.2) is 18.2 Å². The summed E-state index contributed by atoms with van der Waals surface area (Å²) in [5, 5.41) is 0. The number of ether oxygens (including phenoxy) is 1. The first kappa shape index (κ1) is 14.0. The highest BCUT2D eigenvalue weighted by molar-refractivity contribution is 7.85. The summed E-state index contributed by atoms with van der Waals surface area (Å²) in [7, 11) is -1.03. The zero-order chi connectivity index (χ0) is 14.1. The number of anilines is 1. The van der Waals surface area contributed by atoms with E-state index in [9.17, 15) is 4.21 Å². The highest BCUT2D eigenvalue weighted by atomic mass is 32.2. The van der Waals surface area contributed by atoms with Gasteiger partial charge in [0.05, 0.1) is 13.2 Å². The molecule has 0 aliphatic carbocycles. The van der Waals surface area contributed by atoms with Gasteiger partial charge < -0.3 is 15.2 Å². The van der Waals surface area contributed by atoms with Gasteiger partial charge in [-0.2, -0.15) is 0 Å². The van der Waals surface area contributed by atoms with Crippen LogP contribution in [0.1, 0.15) is 17.5 Å². The first-order valence-corrected chi connectivity index (χ1v) is 8.47. The molecule has 6 heteroatoms. The van der Waals surface area contributed by atoms with Gasteiger partial charge in [0.1, 0.15) is 11.0 Å². The van der Waals surface area contributed by atoms with Gasteiger partial charge in [0.15, 0.2) is 0 Å². The van der Waals surface area contributed by atoms with Crippen LogP contribution in [0.5, 0.6) is 0 Å². The Labute approximate surface area is 122 Å². The Hall–Kier alpha value is -0.950. The molecule has 0 radical (unpaired) electrons. The van der Waals surface area contributed by atoms with Gasteiger partial charge in [0.25, 0.3) is 0 Å². The van der Waals surface area contributed by atoms with Crippen molar-refractivity contribution in [2.45, 2.75) is 31.6 Å². The fraction of sp³-hybridized carbons (Fsp3) is 0.571. The normalized spacial score (nSPS) is 28.1. The third-order valence-electron chi connectivity index (χ3n) is 3.95. The molecular formula is C14H21N3O2S. The van der Waals surface area contributed by atoms with Gasteiger partial charge in [-0.25, -0.2) is 4.21 Å². The molecule has 2 aliphatic rings. The van der Waals surface area contributed by atoms with E-state index in [2.05, 4.69) is 21.8 Å². The van der Waals surface area contributed by atoms with E-state index in [1.54, 1.807) is 6.26 Å². The molecule has 20 heavy (non-hydrogen) atoms. The Morgan fingerprint density at radius 3 is 2.90 bits per heavy atom. The highest BCUT2D eigenvalue weighted by Gasteiger charge is 2.29. The van der Waals surface area contributed by atoms with Crippen molar-refractivity contribution in [1.82, 2.24) is 4.90 Å². The van der Waals surface area contributed by atoms with Crippen LogP contribution in [-0.2, 0) is 28.8 Å². The summed E-state index contributed by atoms with van der Waals surface area (Å²) >= 11 is 0. The minimum atomic E-state index is -1.03. The lowest BCUT2D eigenvalue weighted by molar-refractivity contribution is 0.00549. The maximum absolute atomic E-state index is 11.2. The first-order chi connectivity index (χ1) is 9.61. The predicted octanol–water partition coefficient (Wildman–Crippen LogP) is 0.824. The Kier molecular flexibility index (Phi) is 4.07. The zero-order valence-corrected chi connectivity index (χ0v) is 12.5. The van der Waals surface area contributed by atoms with E-state index in [-0.39, 0.29) is 6.04 Å².